The molecule has 14 heavy (non-hydrogen) atoms. The third-order valence-electron chi connectivity index (χ3n) is 2.03. The van der Waals surface area contributed by atoms with E-state index in [1.54, 1.807) is 0 Å². The van der Waals surface area contributed by atoms with Crippen LogP contribution in [0.1, 0.15) is 32.1 Å². The zero-order chi connectivity index (χ0) is 10.4. The minimum Gasteiger partial charge on any atom is -0.396 e. The highest BCUT2D eigenvalue weighted by molar-refractivity contribution is 7.87. The van der Waals surface area contributed by atoms with E-state index >= 15 is 0 Å². The van der Waals surface area contributed by atoms with Gasteiger partial charge >= 0.3 is 0 Å². The fraction of sp³-hybridized carbons (Fsp3) is 1.00. The van der Waals surface area contributed by atoms with E-state index in [4.69, 9.17) is 5.11 Å². The molecule has 0 saturated heterocycles. The summed E-state index contributed by atoms with van der Waals surface area (Å²) in [4.78, 5) is 0. The van der Waals surface area contributed by atoms with Crippen LogP contribution in [0.3, 0.4) is 0 Å². The van der Waals surface area contributed by atoms with Crippen LogP contribution in [-0.2, 0) is 10.2 Å². The molecule has 0 radical (unpaired) electrons. The van der Waals surface area contributed by atoms with Gasteiger partial charge < -0.3 is 5.11 Å². The Morgan fingerprint density at radius 3 is 2.50 bits per heavy atom. The standard InChI is InChI=1S/C8H18N2O3S/c11-7-3-1-2-6-9-14(12,13)10-8-4-5-8/h8-11H,1-7H2. The molecule has 0 heterocycles. The highest BCUT2D eigenvalue weighted by Crippen LogP contribution is 2.19. The fourth-order valence-corrected chi connectivity index (χ4v) is 2.25. The van der Waals surface area contributed by atoms with Crippen molar-refractivity contribution in [3.63, 3.8) is 0 Å². The summed E-state index contributed by atoms with van der Waals surface area (Å²) >= 11 is 0. The Morgan fingerprint density at radius 1 is 1.21 bits per heavy atom. The Morgan fingerprint density at radius 2 is 1.93 bits per heavy atom. The SMILES string of the molecule is O=S(=O)(NCCCCCO)NC1CC1. The Labute approximate surface area is 85.1 Å². The molecule has 1 aliphatic carbocycles. The summed E-state index contributed by atoms with van der Waals surface area (Å²) in [5.41, 5.74) is 0. The molecule has 3 N–H and O–H groups in total. The Balaban J connectivity index is 2.03. The average molecular weight is 222 g/mol. The zero-order valence-electron chi connectivity index (χ0n) is 8.20. The van der Waals surface area contributed by atoms with E-state index in [9.17, 15) is 8.42 Å². The molecule has 0 atom stereocenters. The van der Waals surface area contributed by atoms with Gasteiger partial charge in [-0.05, 0) is 32.1 Å². The predicted molar refractivity (Wildman–Crippen MR) is 54.0 cm³/mol. The first-order valence-electron chi connectivity index (χ1n) is 5.02. The maximum absolute atomic E-state index is 11.2. The van der Waals surface area contributed by atoms with Gasteiger partial charge in [0.1, 0.15) is 0 Å². The van der Waals surface area contributed by atoms with E-state index in [-0.39, 0.29) is 12.6 Å². The molecule has 0 aromatic rings. The van der Waals surface area contributed by atoms with Crippen molar-refractivity contribution in [2.75, 3.05) is 13.2 Å². The maximum Gasteiger partial charge on any atom is 0.277 e. The number of rotatable bonds is 8. The smallest absolute Gasteiger partial charge is 0.277 e. The molecule has 1 fully saturated rings. The van der Waals surface area contributed by atoms with E-state index in [0.717, 1.165) is 32.1 Å². The van der Waals surface area contributed by atoms with Crippen molar-refractivity contribution >= 4 is 10.2 Å². The Bertz CT molecular complexity index is 249. The van der Waals surface area contributed by atoms with Gasteiger partial charge in [-0.25, -0.2) is 4.72 Å². The Hall–Kier alpha value is -0.170. The normalized spacial score (nSPS) is 17.2. The van der Waals surface area contributed by atoms with Crippen LogP contribution in [0.5, 0.6) is 0 Å². The van der Waals surface area contributed by atoms with E-state index in [1.807, 2.05) is 0 Å². The maximum atomic E-state index is 11.2. The summed E-state index contributed by atoms with van der Waals surface area (Å²) in [6, 6.07) is 0.157. The molecule has 0 unspecified atom stereocenters. The lowest BCUT2D eigenvalue weighted by Gasteiger charge is -2.06. The summed E-state index contributed by atoms with van der Waals surface area (Å²) in [6.45, 7) is 0.620. The van der Waals surface area contributed by atoms with Crippen LogP contribution in [0.4, 0.5) is 0 Å². The van der Waals surface area contributed by atoms with Crippen molar-refractivity contribution in [2.45, 2.75) is 38.1 Å². The lowest BCUT2D eigenvalue weighted by atomic mass is 10.2. The van der Waals surface area contributed by atoms with E-state index in [2.05, 4.69) is 9.44 Å². The summed E-state index contributed by atoms with van der Waals surface area (Å²) < 4.78 is 27.5. The first-order valence-corrected chi connectivity index (χ1v) is 6.50. The first-order chi connectivity index (χ1) is 6.64. The molecule has 5 nitrogen and oxygen atoms in total. The topological polar surface area (TPSA) is 78.4 Å². The van der Waals surface area contributed by atoms with Crippen LogP contribution in [0, 0.1) is 0 Å². The molecule has 0 aliphatic heterocycles. The number of unbranched alkanes of at least 4 members (excludes halogenated alkanes) is 2. The number of aliphatic hydroxyl groups excluding tert-OH is 1. The highest BCUT2D eigenvalue weighted by Gasteiger charge is 2.26. The van der Waals surface area contributed by atoms with Crippen LogP contribution in [-0.4, -0.2) is 32.7 Å². The van der Waals surface area contributed by atoms with Crippen molar-refractivity contribution in [1.29, 1.82) is 0 Å². The van der Waals surface area contributed by atoms with Crippen LogP contribution >= 0.6 is 0 Å². The first kappa shape index (κ1) is 11.9. The molecule has 0 spiro atoms. The van der Waals surface area contributed by atoms with E-state index < -0.39 is 10.2 Å². The van der Waals surface area contributed by atoms with Crippen LogP contribution < -0.4 is 9.44 Å². The molecular formula is C8H18N2O3S. The monoisotopic (exact) mass is 222 g/mol. The van der Waals surface area contributed by atoms with Gasteiger partial charge in [-0.2, -0.15) is 13.1 Å². The minimum absolute atomic E-state index is 0.157. The molecule has 1 rings (SSSR count). The average Bonchev–Trinajstić information content (AvgIpc) is 2.87. The number of hydrogen-bond donors (Lipinski definition) is 3. The van der Waals surface area contributed by atoms with Gasteiger partial charge in [0.05, 0.1) is 0 Å². The fourth-order valence-electron chi connectivity index (χ4n) is 1.08. The van der Waals surface area contributed by atoms with E-state index in [0.29, 0.717) is 6.54 Å². The molecule has 0 amide bonds. The van der Waals surface area contributed by atoms with Crippen molar-refractivity contribution in [3.05, 3.63) is 0 Å². The third kappa shape index (κ3) is 5.54. The number of aliphatic hydroxyl groups is 1. The second kappa shape index (κ2) is 5.65. The van der Waals surface area contributed by atoms with Gasteiger partial charge in [0.2, 0.25) is 0 Å². The summed E-state index contributed by atoms with van der Waals surface area (Å²) in [5, 5.41) is 8.50. The quantitative estimate of drug-likeness (QED) is 0.495. The van der Waals surface area contributed by atoms with Gasteiger partial charge in [0, 0.05) is 19.2 Å². The molecule has 1 aliphatic rings. The molecule has 6 heteroatoms. The lowest BCUT2D eigenvalue weighted by molar-refractivity contribution is 0.283. The van der Waals surface area contributed by atoms with Crippen molar-refractivity contribution in [3.8, 4) is 0 Å². The highest BCUT2D eigenvalue weighted by atomic mass is 32.2. The molecule has 0 aromatic heterocycles. The summed E-state index contributed by atoms with van der Waals surface area (Å²) in [6.07, 6.45) is 4.25. The molecule has 84 valence electrons. The number of nitrogens with one attached hydrogen (secondary N) is 2. The molecule has 1 saturated carbocycles. The Kier molecular flexibility index (Phi) is 4.80. The molecular weight excluding hydrogens is 204 g/mol. The second-order valence-corrected chi connectivity index (χ2v) is 5.11. The zero-order valence-corrected chi connectivity index (χ0v) is 9.02. The lowest BCUT2D eigenvalue weighted by Crippen LogP contribution is -2.38. The number of hydrogen-bond acceptors (Lipinski definition) is 3. The van der Waals surface area contributed by atoms with Crippen LogP contribution in [0.15, 0.2) is 0 Å². The predicted octanol–water partition coefficient (Wildman–Crippen LogP) is -0.265. The van der Waals surface area contributed by atoms with Crippen molar-refractivity contribution < 1.29 is 13.5 Å². The van der Waals surface area contributed by atoms with Gasteiger partial charge in [-0.15, -0.1) is 0 Å². The summed E-state index contributed by atoms with van der Waals surface area (Å²) in [7, 11) is -3.27. The van der Waals surface area contributed by atoms with Gasteiger partial charge in [-0.3, -0.25) is 0 Å². The molecule has 0 bridgehead atoms. The van der Waals surface area contributed by atoms with Crippen LogP contribution in [0.25, 0.3) is 0 Å². The summed E-state index contributed by atoms with van der Waals surface area (Å²) in [5.74, 6) is 0. The molecule has 0 aromatic carbocycles. The minimum atomic E-state index is -3.27. The second-order valence-electron chi connectivity index (χ2n) is 3.57. The largest absolute Gasteiger partial charge is 0.396 e. The van der Waals surface area contributed by atoms with Crippen molar-refractivity contribution in [1.82, 2.24) is 9.44 Å². The van der Waals surface area contributed by atoms with Gasteiger partial charge in [-0.1, -0.05) is 0 Å². The van der Waals surface area contributed by atoms with Crippen LogP contribution in [0.2, 0.25) is 0 Å². The van der Waals surface area contributed by atoms with Crippen molar-refractivity contribution in [2.24, 2.45) is 0 Å². The van der Waals surface area contributed by atoms with E-state index in [1.165, 1.54) is 0 Å². The van der Waals surface area contributed by atoms with Gasteiger partial charge in [0.15, 0.2) is 0 Å². The third-order valence-corrected chi connectivity index (χ3v) is 3.25. The van der Waals surface area contributed by atoms with Gasteiger partial charge in [0.25, 0.3) is 10.2 Å².